The van der Waals surface area contributed by atoms with Gasteiger partial charge in [-0.15, -0.1) is 0 Å². The van der Waals surface area contributed by atoms with Crippen molar-refractivity contribution in [3.63, 3.8) is 0 Å². The Balaban J connectivity index is 1.79. The molecule has 1 aliphatic heterocycles. The molecule has 26 heavy (non-hydrogen) atoms. The Hall–Kier alpha value is -3.75. The van der Waals surface area contributed by atoms with Crippen LogP contribution in [-0.2, 0) is 4.79 Å². The van der Waals surface area contributed by atoms with E-state index in [4.69, 9.17) is 0 Å². The normalized spacial score (nSPS) is 12.9. The Bertz CT molecular complexity index is 969. The number of hydrogen-bond donors (Lipinski definition) is 2. The maximum Gasteiger partial charge on any atom is 0.270 e. The van der Waals surface area contributed by atoms with E-state index in [-0.39, 0.29) is 28.3 Å². The average Bonchev–Trinajstić information content (AvgIpc) is 2.82. The first-order valence-corrected chi connectivity index (χ1v) is 7.52. The van der Waals surface area contributed by atoms with E-state index in [1.165, 1.54) is 12.1 Å². The van der Waals surface area contributed by atoms with Gasteiger partial charge in [0.15, 0.2) is 0 Å². The van der Waals surface area contributed by atoms with Gasteiger partial charge in [-0.05, 0) is 30.7 Å². The number of anilines is 1. The lowest BCUT2D eigenvalue weighted by atomic mass is 10.1. The third kappa shape index (κ3) is 2.97. The van der Waals surface area contributed by atoms with Gasteiger partial charge in [-0.1, -0.05) is 6.07 Å². The molecule has 0 saturated carbocycles. The number of aryl methyl sites for hydroxylation is 1. The molecule has 0 fully saturated rings. The van der Waals surface area contributed by atoms with E-state index in [0.717, 1.165) is 17.7 Å². The molecule has 2 N–H and O–H groups in total. The van der Waals surface area contributed by atoms with Crippen LogP contribution in [0.4, 0.5) is 11.4 Å². The minimum Gasteiger partial charge on any atom is -0.506 e. The van der Waals surface area contributed by atoms with E-state index in [1.807, 2.05) is 0 Å². The molecule has 9 nitrogen and oxygen atoms in total. The van der Waals surface area contributed by atoms with Crippen LogP contribution in [0.15, 0.2) is 36.4 Å². The fourth-order valence-corrected chi connectivity index (χ4v) is 2.62. The summed E-state index contributed by atoms with van der Waals surface area (Å²) in [5, 5.41) is 23.0. The highest BCUT2D eigenvalue weighted by Gasteiger charge is 2.37. The topological polar surface area (TPSA) is 130 Å². The smallest absolute Gasteiger partial charge is 0.270 e. The summed E-state index contributed by atoms with van der Waals surface area (Å²) in [6.45, 7) is 1.19. The molecule has 3 rings (SSSR count). The number of fused-ring (bicyclic) bond motifs is 1. The van der Waals surface area contributed by atoms with Gasteiger partial charge in [-0.3, -0.25) is 29.4 Å². The van der Waals surface area contributed by atoms with E-state index < -0.39 is 29.2 Å². The van der Waals surface area contributed by atoms with Crippen molar-refractivity contribution >= 4 is 29.1 Å². The zero-order chi connectivity index (χ0) is 19.0. The van der Waals surface area contributed by atoms with Crippen molar-refractivity contribution in [2.75, 3.05) is 11.9 Å². The highest BCUT2D eigenvalue weighted by Crippen LogP contribution is 2.27. The molecule has 0 radical (unpaired) electrons. The van der Waals surface area contributed by atoms with Gasteiger partial charge in [0.05, 0.1) is 21.7 Å². The zero-order valence-corrected chi connectivity index (χ0v) is 13.6. The Morgan fingerprint density at radius 3 is 2.54 bits per heavy atom. The van der Waals surface area contributed by atoms with Gasteiger partial charge < -0.3 is 10.4 Å². The van der Waals surface area contributed by atoms with Gasteiger partial charge in [0.25, 0.3) is 17.5 Å². The van der Waals surface area contributed by atoms with Crippen LogP contribution in [-0.4, -0.2) is 39.2 Å². The molecule has 0 aromatic heterocycles. The third-order valence-electron chi connectivity index (χ3n) is 3.89. The van der Waals surface area contributed by atoms with Crippen LogP contribution in [0.3, 0.4) is 0 Å². The maximum absolute atomic E-state index is 12.3. The summed E-state index contributed by atoms with van der Waals surface area (Å²) < 4.78 is 0. The second-order valence-corrected chi connectivity index (χ2v) is 5.75. The number of rotatable bonds is 4. The summed E-state index contributed by atoms with van der Waals surface area (Å²) in [7, 11) is 0. The zero-order valence-electron chi connectivity index (χ0n) is 13.6. The number of amides is 3. The molecule has 0 spiro atoms. The maximum atomic E-state index is 12.3. The van der Waals surface area contributed by atoms with Crippen molar-refractivity contribution in [2.45, 2.75) is 6.92 Å². The Kier molecular flexibility index (Phi) is 4.13. The van der Waals surface area contributed by atoms with Crippen LogP contribution in [0.1, 0.15) is 26.3 Å². The molecule has 0 atom stereocenters. The highest BCUT2D eigenvalue weighted by atomic mass is 16.6. The quantitative estimate of drug-likeness (QED) is 0.372. The van der Waals surface area contributed by atoms with Crippen LogP contribution < -0.4 is 5.32 Å². The number of benzene rings is 2. The van der Waals surface area contributed by atoms with Gasteiger partial charge >= 0.3 is 0 Å². The molecular formula is C17H13N3O6. The summed E-state index contributed by atoms with van der Waals surface area (Å²) in [6, 6.07) is 7.93. The lowest BCUT2D eigenvalue weighted by Gasteiger charge is -2.14. The Morgan fingerprint density at radius 1 is 1.15 bits per heavy atom. The molecular weight excluding hydrogens is 342 g/mol. The van der Waals surface area contributed by atoms with E-state index >= 15 is 0 Å². The van der Waals surface area contributed by atoms with Crippen LogP contribution >= 0.6 is 0 Å². The number of phenols is 1. The van der Waals surface area contributed by atoms with E-state index in [9.17, 15) is 29.6 Å². The number of nitro benzene ring substituents is 1. The van der Waals surface area contributed by atoms with Gasteiger partial charge in [0.2, 0.25) is 5.91 Å². The molecule has 2 aromatic carbocycles. The molecule has 0 saturated heterocycles. The third-order valence-corrected chi connectivity index (χ3v) is 3.89. The summed E-state index contributed by atoms with van der Waals surface area (Å²) >= 11 is 0. The lowest BCUT2D eigenvalue weighted by molar-refractivity contribution is -0.384. The molecule has 3 amide bonds. The number of aromatic hydroxyl groups is 1. The van der Waals surface area contributed by atoms with Gasteiger partial charge in [0, 0.05) is 12.1 Å². The largest absolute Gasteiger partial charge is 0.506 e. The fraction of sp³-hybridized carbons (Fsp3) is 0.118. The first-order valence-electron chi connectivity index (χ1n) is 7.52. The molecule has 0 bridgehead atoms. The molecule has 1 aliphatic rings. The number of imide groups is 1. The van der Waals surface area contributed by atoms with Crippen LogP contribution in [0.25, 0.3) is 0 Å². The van der Waals surface area contributed by atoms with Crippen molar-refractivity contribution in [2.24, 2.45) is 0 Å². The van der Waals surface area contributed by atoms with Gasteiger partial charge in [-0.25, -0.2) is 0 Å². The average molecular weight is 355 g/mol. The monoisotopic (exact) mass is 355 g/mol. The Morgan fingerprint density at radius 2 is 1.85 bits per heavy atom. The molecule has 9 heteroatoms. The first-order chi connectivity index (χ1) is 12.3. The number of carbonyl (C=O) groups excluding carboxylic acids is 3. The first kappa shape index (κ1) is 17.1. The molecule has 132 valence electrons. The minimum atomic E-state index is -0.780. The summed E-state index contributed by atoms with van der Waals surface area (Å²) in [5.41, 5.74) is 0.525. The molecule has 0 aliphatic carbocycles. The van der Waals surface area contributed by atoms with Crippen molar-refractivity contribution in [3.8, 4) is 5.75 Å². The number of nitrogens with zero attached hydrogens (tertiary/aromatic N) is 2. The standard InChI is InChI=1S/C17H13N3O6/c1-9-2-5-14(21)13(6-9)18-15(22)8-19-16(23)11-4-3-10(20(25)26)7-12(11)17(19)24/h2-7,21H,8H2,1H3,(H,18,22). The SMILES string of the molecule is Cc1ccc(O)c(NC(=O)CN2C(=O)c3ccc([N+](=O)[O-])cc3C2=O)c1. The second-order valence-electron chi connectivity index (χ2n) is 5.75. The predicted molar refractivity (Wildman–Crippen MR) is 89.9 cm³/mol. The van der Waals surface area contributed by atoms with Gasteiger partial charge in [-0.2, -0.15) is 0 Å². The number of non-ortho nitro benzene ring substituents is 1. The van der Waals surface area contributed by atoms with Crippen molar-refractivity contribution in [1.29, 1.82) is 0 Å². The Labute approximate surface area is 147 Å². The fourth-order valence-electron chi connectivity index (χ4n) is 2.62. The number of carbonyl (C=O) groups is 3. The number of nitrogens with one attached hydrogen (secondary N) is 1. The van der Waals surface area contributed by atoms with Crippen LogP contribution in [0, 0.1) is 17.0 Å². The van der Waals surface area contributed by atoms with E-state index in [2.05, 4.69) is 5.32 Å². The second kappa shape index (κ2) is 6.28. The van der Waals surface area contributed by atoms with Crippen LogP contribution in [0.2, 0.25) is 0 Å². The molecule has 1 heterocycles. The van der Waals surface area contributed by atoms with Gasteiger partial charge in [0.1, 0.15) is 12.3 Å². The van der Waals surface area contributed by atoms with Crippen LogP contribution in [0.5, 0.6) is 5.75 Å². The summed E-state index contributed by atoms with van der Waals surface area (Å²) in [4.78, 5) is 47.7. The number of nitro groups is 1. The van der Waals surface area contributed by atoms with E-state index in [0.29, 0.717) is 4.90 Å². The number of phenolic OH excluding ortho intramolecular Hbond substituents is 1. The summed E-state index contributed by atoms with van der Waals surface area (Å²) in [5.74, 6) is -2.32. The lowest BCUT2D eigenvalue weighted by Crippen LogP contribution is -2.37. The number of hydrogen-bond acceptors (Lipinski definition) is 6. The van der Waals surface area contributed by atoms with E-state index in [1.54, 1.807) is 19.1 Å². The predicted octanol–water partition coefficient (Wildman–Crippen LogP) is 1.84. The summed E-state index contributed by atoms with van der Waals surface area (Å²) in [6.07, 6.45) is 0. The van der Waals surface area contributed by atoms with Crippen molar-refractivity contribution < 1.29 is 24.4 Å². The highest BCUT2D eigenvalue weighted by molar-refractivity contribution is 6.23. The minimum absolute atomic E-state index is 0.00630. The van der Waals surface area contributed by atoms with Crippen molar-refractivity contribution in [3.05, 3.63) is 63.2 Å². The molecule has 2 aromatic rings. The van der Waals surface area contributed by atoms with Crippen molar-refractivity contribution in [1.82, 2.24) is 4.90 Å². The molecule has 0 unspecified atom stereocenters.